The van der Waals surface area contributed by atoms with Crippen molar-refractivity contribution in [2.75, 3.05) is 6.61 Å². The van der Waals surface area contributed by atoms with E-state index in [1.54, 1.807) is 43.3 Å². The van der Waals surface area contributed by atoms with Crippen LogP contribution in [0.5, 0.6) is 5.75 Å². The van der Waals surface area contributed by atoms with E-state index >= 15 is 0 Å². The minimum atomic E-state index is -2.61. The molecule has 0 spiro atoms. The topological polar surface area (TPSA) is 31.2 Å². The predicted molar refractivity (Wildman–Crippen MR) is 88.8 cm³/mol. The summed E-state index contributed by atoms with van der Waals surface area (Å²) >= 11 is 3.08. The maximum absolute atomic E-state index is 12.8. The van der Waals surface area contributed by atoms with Gasteiger partial charge in [0.1, 0.15) is 12.4 Å². The van der Waals surface area contributed by atoms with Crippen LogP contribution in [0.25, 0.3) is 11.3 Å². The number of pyridine rings is 1. The molecule has 0 aliphatic carbocycles. The van der Waals surface area contributed by atoms with Gasteiger partial charge in [-0.1, -0.05) is 5.92 Å². The number of benzene rings is 1. The summed E-state index contributed by atoms with van der Waals surface area (Å²) in [6, 6.07) is 10.1. The van der Waals surface area contributed by atoms with Crippen LogP contribution < -0.4 is 10.3 Å². The third kappa shape index (κ3) is 4.42. The fourth-order valence-corrected chi connectivity index (χ4v) is 2.38. The predicted octanol–water partition coefficient (Wildman–Crippen LogP) is 3.95. The summed E-state index contributed by atoms with van der Waals surface area (Å²) in [4.78, 5) is 12.1. The van der Waals surface area contributed by atoms with Gasteiger partial charge in [-0.15, -0.1) is 5.92 Å². The Morgan fingerprint density at radius 2 is 1.91 bits per heavy atom. The molecule has 1 aromatic carbocycles. The maximum atomic E-state index is 12.8. The molecule has 0 N–H and O–H groups in total. The lowest BCUT2D eigenvalue weighted by atomic mass is 10.1. The lowest BCUT2D eigenvalue weighted by molar-refractivity contribution is 0.126. The zero-order chi connectivity index (χ0) is 16.8. The van der Waals surface area contributed by atoms with Crippen LogP contribution in [0.4, 0.5) is 8.78 Å². The van der Waals surface area contributed by atoms with E-state index in [-0.39, 0.29) is 11.1 Å². The Hall–Kier alpha value is -2.13. The summed E-state index contributed by atoms with van der Waals surface area (Å²) < 4.78 is 32.2. The molecule has 6 heteroatoms. The quantitative estimate of drug-likeness (QED) is 0.734. The second-order valence-corrected chi connectivity index (χ2v) is 5.47. The van der Waals surface area contributed by atoms with Gasteiger partial charge in [0.05, 0.1) is 16.7 Å². The second-order valence-electron chi connectivity index (χ2n) is 4.61. The minimum Gasteiger partial charge on any atom is -0.481 e. The first-order chi connectivity index (χ1) is 11.0. The first-order valence-electron chi connectivity index (χ1n) is 6.83. The standard InChI is InChI=1S/C17H14BrF2NO2/c1-2-3-10-23-13-6-4-12(5-7-13)15-9-8-14(18)17(22)21(15)11-16(19)20/h4-9,16H,10-11H2,1H3. The van der Waals surface area contributed by atoms with Gasteiger partial charge in [-0.3, -0.25) is 4.79 Å². The fraction of sp³-hybridized carbons (Fsp3) is 0.235. The summed E-state index contributed by atoms with van der Waals surface area (Å²) in [5.74, 6) is 6.13. The Morgan fingerprint density at radius 3 is 2.52 bits per heavy atom. The van der Waals surface area contributed by atoms with Crippen LogP contribution in [0.15, 0.2) is 45.7 Å². The first kappa shape index (κ1) is 17.2. The van der Waals surface area contributed by atoms with Crippen LogP contribution in [0.2, 0.25) is 0 Å². The van der Waals surface area contributed by atoms with E-state index in [0.29, 0.717) is 17.0 Å². The zero-order valence-electron chi connectivity index (χ0n) is 12.4. The van der Waals surface area contributed by atoms with Gasteiger partial charge in [0.15, 0.2) is 0 Å². The molecule has 0 fully saturated rings. The van der Waals surface area contributed by atoms with E-state index in [1.807, 2.05) is 0 Å². The average molecular weight is 382 g/mol. The average Bonchev–Trinajstić information content (AvgIpc) is 2.53. The summed E-state index contributed by atoms with van der Waals surface area (Å²) in [6.45, 7) is 1.35. The molecule has 120 valence electrons. The molecule has 0 aliphatic rings. The number of alkyl halides is 2. The van der Waals surface area contributed by atoms with Gasteiger partial charge in [-0.05, 0) is 64.8 Å². The Labute approximate surface area is 141 Å². The molecule has 0 radical (unpaired) electrons. The smallest absolute Gasteiger partial charge is 0.265 e. The number of hydrogen-bond donors (Lipinski definition) is 0. The van der Waals surface area contributed by atoms with Crippen molar-refractivity contribution in [3.8, 4) is 28.8 Å². The molecule has 0 atom stereocenters. The Morgan fingerprint density at radius 1 is 1.22 bits per heavy atom. The molecule has 0 aliphatic heterocycles. The Bertz CT molecular complexity index is 789. The van der Waals surface area contributed by atoms with Gasteiger partial charge in [0, 0.05) is 0 Å². The van der Waals surface area contributed by atoms with E-state index in [0.717, 1.165) is 4.57 Å². The monoisotopic (exact) mass is 381 g/mol. The van der Waals surface area contributed by atoms with Crippen molar-refractivity contribution in [1.29, 1.82) is 0 Å². The number of aromatic nitrogens is 1. The second kappa shape index (κ2) is 7.93. The van der Waals surface area contributed by atoms with Crippen molar-refractivity contribution in [2.45, 2.75) is 19.9 Å². The molecule has 2 rings (SSSR count). The highest BCUT2D eigenvalue weighted by atomic mass is 79.9. The van der Waals surface area contributed by atoms with Crippen molar-refractivity contribution in [2.24, 2.45) is 0 Å². The van der Waals surface area contributed by atoms with Gasteiger partial charge in [-0.2, -0.15) is 0 Å². The third-order valence-electron chi connectivity index (χ3n) is 3.09. The normalized spacial score (nSPS) is 10.3. The number of halogens is 3. The Balaban J connectivity index is 2.35. The molecule has 1 heterocycles. The SMILES string of the molecule is CC#CCOc1ccc(-c2ccc(Br)c(=O)n2CC(F)F)cc1. The van der Waals surface area contributed by atoms with Gasteiger partial charge in [-0.25, -0.2) is 8.78 Å². The first-order valence-corrected chi connectivity index (χ1v) is 7.62. The van der Waals surface area contributed by atoms with Gasteiger partial charge >= 0.3 is 0 Å². The molecule has 3 nitrogen and oxygen atoms in total. The minimum absolute atomic E-state index is 0.250. The third-order valence-corrected chi connectivity index (χ3v) is 3.69. The van der Waals surface area contributed by atoms with Gasteiger partial charge < -0.3 is 9.30 Å². The highest BCUT2D eigenvalue weighted by Gasteiger charge is 2.13. The van der Waals surface area contributed by atoms with Crippen LogP contribution in [0.3, 0.4) is 0 Å². The molecule has 0 amide bonds. The highest BCUT2D eigenvalue weighted by Crippen LogP contribution is 2.23. The number of hydrogen-bond acceptors (Lipinski definition) is 2. The molecule has 0 saturated carbocycles. The molecule has 0 saturated heterocycles. The largest absolute Gasteiger partial charge is 0.481 e. The number of nitrogens with zero attached hydrogens (tertiary/aromatic N) is 1. The van der Waals surface area contributed by atoms with Crippen molar-refractivity contribution in [1.82, 2.24) is 4.57 Å². The van der Waals surface area contributed by atoms with Crippen LogP contribution in [-0.2, 0) is 6.54 Å². The zero-order valence-corrected chi connectivity index (χ0v) is 13.9. The molecule has 0 bridgehead atoms. The summed E-state index contributed by atoms with van der Waals surface area (Å²) in [6.07, 6.45) is -2.61. The van der Waals surface area contributed by atoms with E-state index in [2.05, 4.69) is 27.8 Å². The maximum Gasteiger partial charge on any atom is 0.265 e. The van der Waals surface area contributed by atoms with Crippen molar-refractivity contribution in [3.63, 3.8) is 0 Å². The van der Waals surface area contributed by atoms with Crippen molar-refractivity contribution < 1.29 is 13.5 Å². The lowest BCUT2D eigenvalue weighted by Gasteiger charge is -2.13. The van der Waals surface area contributed by atoms with Crippen LogP contribution in [0, 0.1) is 11.8 Å². The van der Waals surface area contributed by atoms with E-state index < -0.39 is 18.5 Å². The van der Waals surface area contributed by atoms with Crippen molar-refractivity contribution in [3.05, 3.63) is 51.2 Å². The van der Waals surface area contributed by atoms with E-state index in [9.17, 15) is 13.6 Å². The molecular weight excluding hydrogens is 368 g/mol. The molecule has 1 aromatic heterocycles. The van der Waals surface area contributed by atoms with Crippen LogP contribution >= 0.6 is 15.9 Å². The molecule has 23 heavy (non-hydrogen) atoms. The molecular formula is C17H14BrF2NO2. The van der Waals surface area contributed by atoms with Crippen LogP contribution in [-0.4, -0.2) is 17.6 Å². The van der Waals surface area contributed by atoms with E-state index in [4.69, 9.17) is 4.74 Å². The summed E-state index contributed by atoms with van der Waals surface area (Å²) in [5.41, 5.74) is 0.601. The highest BCUT2D eigenvalue weighted by molar-refractivity contribution is 9.10. The number of ether oxygens (including phenoxy) is 1. The van der Waals surface area contributed by atoms with Crippen molar-refractivity contribution >= 4 is 15.9 Å². The molecule has 0 unspecified atom stereocenters. The van der Waals surface area contributed by atoms with E-state index in [1.165, 1.54) is 0 Å². The summed E-state index contributed by atoms with van der Waals surface area (Å²) in [5, 5.41) is 0. The van der Waals surface area contributed by atoms with Gasteiger partial charge in [0.2, 0.25) is 0 Å². The van der Waals surface area contributed by atoms with Gasteiger partial charge in [0.25, 0.3) is 12.0 Å². The fourth-order valence-electron chi connectivity index (χ4n) is 2.04. The molecule has 2 aromatic rings. The van der Waals surface area contributed by atoms with Crippen LogP contribution in [0.1, 0.15) is 6.92 Å². The number of rotatable bonds is 5. The summed E-state index contributed by atoms with van der Waals surface area (Å²) in [7, 11) is 0. The Kier molecular flexibility index (Phi) is 5.94. The lowest BCUT2D eigenvalue weighted by Crippen LogP contribution is -2.25.